The second-order valence-electron chi connectivity index (χ2n) is 4.25. The Morgan fingerprint density at radius 2 is 2.10 bits per heavy atom. The fourth-order valence-electron chi connectivity index (χ4n) is 2.00. The molecule has 0 unspecified atom stereocenters. The summed E-state index contributed by atoms with van der Waals surface area (Å²) in [6, 6.07) is 9.77. The van der Waals surface area contributed by atoms with Crippen molar-refractivity contribution in [3.05, 3.63) is 59.0 Å². The number of nitrogens with zero attached hydrogens (tertiary/aromatic N) is 2. The van der Waals surface area contributed by atoms with Gasteiger partial charge in [0.2, 0.25) is 0 Å². The summed E-state index contributed by atoms with van der Waals surface area (Å²) in [5, 5.41) is 2.94. The van der Waals surface area contributed by atoms with Gasteiger partial charge in [0, 0.05) is 19.3 Å². The van der Waals surface area contributed by atoms with Crippen LogP contribution in [0.5, 0.6) is 0 Å². The molecule has 1 N–H and O–H groups in total. The van der Waals surface area contributed by atoms with Gasteiger partial charge < -0.3 is 9.73 Å². The van der Waals surface area contributed by atoms with Crippen LogP contribution in [-0.2, 0) is 6.54 Å². The van der Waals surface area contributed by atoms with Gasteiger partial charge in [0.1, 0.15) is 5.82 Å². The smallest absolute Gasteiger partial charge is 0.406 e. The average Bonchev–Trinajstić information content (AvgIpc) is 2.77. The molecule has 0 saturated heterocycles. The van der Waals surface area contributed by atoms with Crippen molar-refractivity contribution >= 4 is 16.9 Å². The summed E-state index contributed by atoms with van der Waals surface area (Å²) < 4.78 is 19.9. The monoisotopic (exact) mass is 273 g/mol. The Kier molecular flexibility index (Phi) is 3.20. The maximum absolute atomic E-state index is 13.4. The zero-order chi connectivity index (χ0) is 13.9. The van der Waals surface area contributed by atoms with Gasteiger partial charge in [0.15, 0.2) is 11.2 Å². The lowest BCUT2D eigenvalue weighted by Gasteiger charge is -2.07. The third kappa shape index (κ3) is 2.27. The van der Waals surface area contributed by atoms with Crippen LogP contribution in [-0.4, -0.2) is 16.1 Å². The highest BCUT2D eigenvalue weighted by atomic mass is 19.1. The molecule has 0 aliphatic rings. The molecule has 0 atom stereocenters. The van der Waals surface area contributed by atoms with Gasteiger partial charge in [0.05, 0.1) is 5.69 Å². The molecule has 2 heterocycles. The van der Waals surface area contributed by atoms with E-state index in [1.165, 1.54) is 10.6 Å². The van der Waals surface area contributed by atoms with Crippen molar-refractivity contribution in [2.24, 2.45) is 0 Å². The summed E-state index contributed by atoms with van der Waals surface area (Å²) in [6.45, 7) is 0.739. The maximum Gasteiger partial charge on any atom is 0.421 e. The molecular weight excluding hydrogens is 261 g/mol. The second-order valence-corrected chi connectivity index (χ2v) is 4.25. The van der Waals surface area contributed by atoms with Crippen LogP contribution in [0.1, 0.15) is 0 Å². The third-order valence-corrected chi connectivity index (χ3v) is 2.95. The fourth-order valence-corrected chi connectivity index (χ4v) is 2.00. The third-order valence-electron chi connectivity index (χ3n) is 2.95. The van der Waals surface area contributed by atoms with E-state index in [4.69, 9.17) is 4.42 Å². The molecule has 0 fully saturated rings. The number of fused-ring (bicyclic) bond motifs is 1. The molecule has 5 nitrogen and oxygen atoms in total. The Morgan fingerprint density at radius 3 is 2.95 bits per heavy atom. The number of aromatic nitrogens is 2. The summed E-state index contributed by atoms with van der Waals surface area (Å²) in [5.41, 5.74) is 1.34. The molecule has 3 rings (SSSR count). The SMILES string of the molecule is O=c1oc2cccnc2n1CCNc1ccccc1F. The minimum absolute atomic E-state index is 0.324. The largest absolute Gasteiger partial charge is 0.421 e. The highest BCUT2D eigenvalue weighted by molar-refractivity contribution is 5.67. The Morgan fingerprint density at radius 1 is 1.25 bits per heavy atom. The van der Waals surface area contributed by atoms with Gasteiger partial charge in [0.25, 0.3) is 0 Å². The van der Waals surface area contributed by atoms with E-state index in [-0.39, 0.29) is 5.82 Å². The van der Waals surface area contributed by atoms with Crippen molar-refractivity contribution in [3.8, 4) is 0 Å². The number of benzene rings is 1. The van der Waals surface area contributed by atoms with E-state index >= 15 is 0 Å². The van der Waals surface area contributed by atoms with E-state index in [1.54, 1.807) is 36.5 Å². The molecule has 20 heavy (non-hydrogen) atoms. The van der Waals surface area contributed by atoms with Gasteiger partial charge in [-0.2, -0.15) is 0 Å². The molecular formula is C14H12FN3O2. The summed E-state index contributed by atoms with van der Waals surface area (Å²) in [5.74, 6) is -0.788. The minimum atomic E-state index is -0.464. The van der Waals surface area contributed by atoms with Crippen molar-refractivity contribution in [2.45, 2.75) is 6.54 Å². The van der Waals surface area contributed by atoms with Crippen LogP contribution in [0.15, 0.2) is 51.8 Å². The number of hydrogen-bond donors (Lipinski definition) is 1. The van der Waals surface area contributed by atoms with Crippen LogP contribution in [0, 0.1) is 5.82 Å². The lowest BCUT2D eigenvalue weighted by molar-refractivity contribution is 0.509. The first-order valence-corrected chi connectivity index (χ1v) is 6.18. The summed E-state index contributed by atoms with van der Waals surface area (Å²) >= 11 is 0. The number of oxazole rings is 1. The molecule has 102 valence electrons. The van der Waals surface area contributed by atoms with E-state index in [1.807, 2.05) is 0 Å². The molecule has 3 aromatic rings. The molecule has 0 aliphatic heterocycles. The first kappa shape index (κ1) is 12.4. The van der Waals surface area contributed by atoms with Gasteiger partial charge >= 0.3 is 5.76 Å². The highest BCUT2D eigenvalue weighted by Crippen LogP contribution is 2.12. The zero-order valence-electron chi connectivity index (χ0n) is 10.5. The number of hydrogen-bond acceptors (Lipinski definition) is 4. The number of nitrogens with one attached hydrogen (secondary N) is 1. The molecule has 6 heteroatoms. The molecule has 0 spiro atoms. The van der Waals surface area contributed by atoms with E-state index in [9.17, 15) is 9.18 Å². The number of pyridine rings is 1. The Labute approximate surface area is 113 Å². The molecule has 1 aromatic carbocycles. The van der Waals surface area contributed by atoms with E-state index < -0.39 is 5.76 Å². The molecule has 0 aliphatic carbocycles. The topological polar surface area (TPSA) is 60.1 Å². The molecule has 0 bridgehead atoms. The average molecular weight is 273 g/mol. The first-order chi connectivity index (χ1) is 9.75. The Hall–Kier alpha value is -2.63. The summed E-state index contributed by atoms with van der Waals surface area (Å²) in [7, 11) is 0. The van der Waals surface area contributed by atoms with E-state index in [0.29, 0.717) is 30.0 Å². The quantitative estimate of drug-likeness (QED) is 0.792. The van der Waals surface area contributed by atoms with Gasteiger partial charge in [-0.05, 0) is 24.3 Å². The van der Waals surface area contributed by atoms with E-state index in [0.717, 1.165) is 0 Å². The lowest BCUT2D eigenvalue weighted by Crippen LogP contribution is -2.20. The minimum Gasteiger partial charge on any atom is -0.406 e. The van der Waals surface area contributed by atoms with Gasteiger partial charge in [-0.25, -0.2) is 14.2 Å². The molecule has 2 aromatic heterocycles. The van der Waals surface area contributed by atoms with Crippen molar-refractivity contribution < 1.29 is 8.81 Å². The Bertz CT molecular complexity index is 794. The predicted molar refractivity (Wildman–Crippen MR) is 73.2 cm³/mol. The predicted octanol–water partition coefficient (Wildman–Crippen LogP) is 2.24. The Balaban J connectivity index is 1.76. The number of para-hydroxylation sites is 1. The van der Waals surface area contributed by atoms with Crippen molar-refractivity contribution in [3.63, 3.8) is 0 Å². The van der Waals surface area contributed by atoms with E-state index in [2.05, 4.69) is 10.3 Å². The summed E-state index contributed by atoms with van der Waals surface area (Å²) in [4.78, 5) is 15.8. The van der Waals surface area contributed by atoms with Gasteiger partial charge in [-0.1, -0.05) is 12.1 Å². The van der Waals surface area contributed by atoms with Crippen LogP contribution in [0.25, 0.3) is 11.2 Å². The van der Waals surface area contributed by atoms with Gasteiger partial charge in [-0.3, -0.25) is 4.57 Å². The van der Waals surface area contributed by atoms with Crippen molar-refractivity contribution in [2.75, 3.05) is 11.9 Å². The maximum atomic E-state index is 13.4. The lowest BCUT2D eigenvalue weighted by atomic mass is 10.3. The van der Waals surface area contributed by atoms with Crippen LogP contribution >= 0.6 is 0 Å². The normalized spacial score (nSPS) is 10.8. The van der Waals surface area contributed by atoms with Gasteiger partial charge in [-0.15, -0.1) is 0 Å². The second kappa shape index (κ2) is 5.16. The number of rotatable bonds is 4. The van der Waals surface area contributed by atoms with Crippen molar-refractivity contribution in [1.29, 1.82) is 0 Å². The highest BCUT2D eigenvalue weighted by Gasteiger charge is 2.09. The zero-order valence-corrected chi connectivity index (χ0v) is 10.5. The van der Waals surface area contributed by atoms with Crippen molar-refractivity contribution in [1.82, 2.24) is 9.55 Å². The molecule has 0 radical (unpaired) electrons. The molecule has 0 saturated carbocycles. The first-order valence-electron chi connectivity index (χ1n) is 6.18. The van der Waals surface area contributed by atoms with Crippen LogP contribution in [0.4, 0.5) is 10.1 Å². The number of anilines is 1. The van der Waals surface area contributed by atoms with Crippen LogP contribution in [0.2, 0.25) is 0 Å². The number of halogens is 1. The molecule has 0 amide bonds. The van der Waals surface area contributed by atoms with Crippen LogP contribution < -0.4 is 11.1 Å². The fraction of sp³-hybridized carbons (Fsp3) is 0.143. The van der Waals surface area contributed by atoms with Crippen LogP contribution in [0.3, 0.4) is 0 Å². The summed E-state index contributed by atoms with van der Waals surface area (Å²) in [6.07, 6.45) is 1.60. The standard InChI is InChI=1S/C14H12FN3O2/c15-10-4-1-2-5-11(10)16-8-9-18-13-12(20-14(18)19)6-3-7-17-13/h1-7,16H,8-9H2.